The monoisotopic (exact) mass is 438 g/mol. The molecule has 1 aliphatic rings. The first kappa shape index (κ1) is 19.8. The lowest BCUT2D eigenvalue weighted by Crippen LogP contribution is -2.35. The van der Waals surface area contributed by atoms with Gasteiger partial charge in [0.2, 0.25) is 17.6 Å². The van der Waals surface area contributed by atoms with E-state index in [0.29, 0.717) is 54.7 Å². The third-order valence-corrected chi connectivity index (χ3v) is 5.88. The van der Waals surface area contributed by atoms with Crippen molar-refractivity contribution in [1.29, 1.82) is 0 Å². The van der Waals surface area contributed by atoms with Gasteiger partial charge in [-0.1, -0.05) is 16.8 Å². The Morgan fingerprint density at radius 1 is 1.23 bits per heavy atom. The highest BCUT2D eigenvalue weighted by atomic mass is 35.5. The fourth-order valence-electron chi connectivity index (χ4n) is 4.02. The van der Waals surface area contributed by atoms with Crippen molar-refractivity contribution < 1.29 is 13.7 Å². The highest BCUT2D eigenvalue weighted by Crippen LogP contribution is 2.30. The van der Waals surface area contributed by atoms with E-state index in [1.165, 1.54) is 17.8 Å². The Hall–Kier alpha value is -3.19. The number of aromatic amines is 1. The fraction of sp³-hybridized carbons (Fsp3) is 0.261. The van der Waals surface area contributed by atoms with Crippen molar-refractivity contribution in [3.63, 3.8) is 0 Å². The lowest BCUT2D eigenvalue weighted by Gasteiger charge is -2.27. The zero-order valence-corrected chi connectivity index (χ0v) is 17.5. The molecule has 2 aromatic carbocycles. The second kappa shape index (κ2) is 8.15. The fourth-order valence-corrected chi connectivity index (χ4v) is 4.19. The Bertz CT molecular complexity index is 1250. The largest absolute Gasteiger partial charge is 0.358 e. The summed E-state index contributed by atoms with van der Waals surface area (Å²) in [5.74, 6) is 0.689. The predicted molar refractivity (Wildman–Crippen MR) is 115 cm³/mol. The molecule has 31 heavy (non-hydrogen) atoms. The van der Waals surface area contributed by atoms with Crippen LogP contribution in [0.2, 0.25) is 5.02 Å². The SMILES string of the molecule is O=C(CCCc1nc(-c2ccc(F)cc2)no1)N1CCc2[nH]c3ccc(Cl)cc3c2C1. The van der Waals surface area contributed by atoms with Crippen LogP contribution in [0, 0.1) is 5.82 Å². The Morgan fingerprint density at radius 2 is 2.06 bits per heavy atom. The number of H-pyrrole nitrogens is 1. The van der Waals surface area contributed by atoms with E-state index in [1.54, 1.807) is 12.1 Å². The molecule has 6 nitrogen and oxygen atoms in total. The van der Waals surface area contributed by atoms with Gasteiger partial charge in [0.1, 0.15) is 5.82 Å². The number of nitrogens with zero attached hydrogens (tertiary/aromatic N) is 3. The Kier molecular flexibility index (Phi) is 5.19. The molecule has 0 aliphatic carbocycles. The molecule has 0 saturated heterocycles. The second-order valence-electron chi connectivity index (χ2n) is 7.71. The average Bonchev–Trinajstić information content (AvgIpc) is 3.38. The van der Waals surface area contributed by atoms with Crippen molar-refractivity contribution in [2.75, 3.05) is 6.54 Å². The van der Waals surface area contributed by atoms with Gasteiger partial charge in [-0.2, -0.15) is 4.98 Å². The Morgan fingerprint density at radius 3 is 2.90 bits per heavy atom. The minimum Gasteiger partial charge on any atom is -0.358 e. The van der Waals surface area contributed by atoms with E-state index < -0.39 is 0 Å². The number of carbonyl (C=O) groups is 1. The van der Waals surface area contributed by atoms with E-state index in [1.807, 2.05) is 23.1 Å². The minimum absolute atomic E-state index is 0.111. The lowest BCUT2D eigenvalue weighted by molar-refractivity contribution is -0.132. The van der Waals surface area contributed by atoms with Gasteiger partial charge in [0.05, 0.1) is 0 Å². The summed E-state index contributed by atoms with van der Waals surface area (Å²) in [5.41, 5.74) is 4.07. The van der Waals surface area contributed by atoms with Crippen LogP contribution in [-0.4, -0.2) is 32.5 Å². The van der Waals surface area contributed by atoms with E-state index >= 15 is 0 Å². The number of nitrogens with one attached hydrogen (secondary N) is 1. The summed E-state index contributed by atoms with van der Waals surface area (Å²) in [4.78, 5) is 22.5. The summed E-state index contributed by atoms with van der Waals surface area (Å²) in [5, 5.41) is 5.72. The van der Waals surface area contributed by atoms with Gasteiger partial charge in [0.25, 0.3) is 0 Å². The number of halogens is 2. The lowest BCUT2D eigenvalue weighted by atomic mass is 10.0. The molecule has 8 heteroatoms. The number of rotatable bonds is 5. The van der Waals surface area contributed by atoms with Crippen molar-refractivity contribution in [1.82, 2.24) is 20.0 Å². The van der Waals surface area contributed by atoms with Crippen molar-refractivity contribution in [2.24, 2.45) is 0 Å². The van der Waals surface area contributed by atoms with Gasteiger partial charge >= 0.3 is 0 Å². The van der Waals surface area contributed by atoms with Crippen molar-refractivity contribution >= 4 is 28.4 Å². The molecular weight excluding hydrogens is 419 g/mol. The zero-order valence-electron chi connectivity index (χ0n) is 16.7. The quantitative estimate of drug-likeness (QED) is 0.480. The maximum Gasteiger partial charge on any atom is 0.226 e. The van der Waals surface area contributed by atoms with Crippen molar-refractivity contribution in [3.8, 4) is 11.4 Å². The van der Waals surface area contributed by atoms with Crippen LogP contribution in [0.4, 0.5) is 4.39 Å². The summed E-state index contributed by atoms with van der Waals surface area (Å²) in [6.07, 6.45) is 2.35. The second-order valence-corrected chi connectivity index (χ2v) is 8.15. The number of aryl methyl sites for hydroxylation is 1. The van der Waals surface area contributed by atoms with Gasteiger partial charge in [-0.25, -0.2) is 4.39 Å². The molecule has 0 fully saturated rings. The number of hydrogen-bond donors (Lipinski definition) is 1. The average molecular weight is 439 g/mol. The third-order valence-electron chi connectivity index (χ3n) is 5.64. The maximum absolute atomic E-state index is 13.1. The molecule has 0 bridgehead atoms. The topological polar surface area (TPSA) is 75.0 Å². The van der Waals surface area contributed by atoms with Crippen LogP contribution >= 0.6 is 11.6 Å². The molecule has 0 radical (unpaired) electrons. The maximum atomic E-state index is 13.1. The summed E-state index contributed by atoms with van der Waals surface area (Å²) in [6, 6.07) is 11.7. The van der Waals surface area contributed by atoms with Crippen LogP contribution in [0.15, 0.2) is 47.0 Å². The van der Waals surface area contributed by atoms with Gasteiger partial charge in [0, 0.05) is 65.1 Å². The number of carbonyl (C=O) groups excluding carboxylic acids is 1. The van der Waals surface area contributed by atoms with Crippen LogP contribution in [-0.2, 0) is 24.2 Å². The van der Waals surface area contributed by atoms with Crippen LogP contribution in [0.5, 0.6) is 0 Å². The molecule has 1 N–H and O–H groups in total. The van der Waals surface area contributed by atoms with Gasteiger partial charge in [-0.3, -0.25) is 4.79 Å². The molecular formula is C23H20ClFN4O2. The number of hydrogen-bond acceptors (Lipinski definition) is 4. The summed E-state index contributed by atoms with van der Waals surface area (Å²) >= 11 is 6.16. The van der Waals surface area contributed by atoms with E-state index in [4.69, 9.17) is 16.1 Å². The molecule has 0 unspecified atom stereocenters. The molecule has 158 valence electrons. The van der Waals surface area contributed by atoms with E-state index in [2.05, 4.69) is 15.1 Å². The molecule has 2 aromatic heterocycles. The van der Waals surface area contributed by atoms with Crippen molar-refractivity contribution in [2.45, 2.75) is 32.2 Å². The van der Waals surface area contributed by atoms with Gasteiger partial charge < -0.3 is 14.4 Å². The number of aromatic nitrogens is 3. The van der Waals surface area contributed by atoms with E-state index in [-0.39, 0.29) is 11.7 Å². The van der Waals surface area contributed by atoms with E-state index in [0.717, 1.165) is 22.9 Å². The molecule has 5 rings (SSSR count). The van der Waals surface area contributed by atoms with Gasteiger partial charge in [-0.15, -0.1) is 0 Å². The highest BCUT2D eigenvalue weighted by Gasteiger charge is 2.24. The zero-order chi connectivity index (χ0) is 21.4. The number of fused-ring (bicyclic) bond motifs is 3. The Balaban J connectivity index is 1.19. The third kappa shape index (κ3) is 4.05. The molecule has 0 spiro atoms. The molecule has 1 aliphatic heterocycles. The molecule has 0 atom stereocenters. The first-order valence-electron chi connectivity index (χ1n) is 10.2. The van der Waals surface area contributed by atoms with Crippen LogP contribution in [0.3, 0.4) is 0 Å². The van der Waals surface area contributed by atoms with Crippen LogP contribution < -0.4 is 0 Å². The molecule has 4 aromatic rings. The highest BCUT2D eigenvalue weighted by molar-refractivity contribution is 6.31. The molecule has 0 saturated carbocycles. The van der Waals surface area contributed by atoms with Crippen LogP contribution in [0.25, 0.3) is 22.3 Å². The number of benzene rings is 2. The summed E-state index contributed by atoms with van der Waals surface area (Å²) in [7, 11) is 0. The van der Waals surface area contributed by atoms with Gasteiger partial charge in [-0.05, 0) is 48.9 Å². The normalized spacial score (nSPS) is 13.5. The van der Waals surface area contributed by atoms with E-state index in [9.17, 15) is 9.18 Å². The molecule has 3 heterocycles. The predicted octanol–water partition coefficient (Wildman–Crippen LogP) is 4.92. The standard InChI is InChI=1S/C23H20ClFN4O2/c24-15-6-9-19-17(12-15)18-13-29(11-10-20(18)26-19)22(30)3-1-2-21-27-23(28-31-21)14-4-7-16(25)8-5-14/h4-9,12,26H,1-3,10-11,13H2. The van der Waals surface area contributed by atoms with Gasteiger partial charge in [0.15, 0.2) is 0 Å². The summed E-state index contributed by atoms with van der Waals surface area (Å²) in [6.45, 7) is 1.28. The smallest absolute Gasteiger partial charge is 0.226 e. The van der Waals surface area contributed by atoms with Crippen molar-refractivity contribution in [3.05, 3.63) is 70.5 Å². The number of amides is 1. The first-order valence-corrected chi connectivity index (χ1v) is 10.6. The van der Waals surface area contributed by atoms with Crippen LogP contribution in [0.1, 0.15) is 30.0 Å². The Labute approximate surface area is 183 Å². The molecule has 1 amide bonds. The minimum atomic E-state index is -0.313. The first-order chi connectivity index (χ1) is 15.1. The summed E-state index contributed by atoms with van der Waals surface area (Å²) < 4.78 is 18.3.